The quantitative estimate of drug-likeness (QED) is 0.0998. The van der Waals surface area contributed by atoms with E-state index in [2.05, 4.69) is 19.9 Å². The minimum absolute atomic E-state index is 0.113. The van der Waals surface area contributed by atoms with E-state index in [0.29, 0.717) is 18.9 Å². The summed E-state index contributed by atoms with van der Waals surface area (Å²) >= 11 is 0. The number of aliphatic hydroxyl groups is 3. The number of ether oxygens (including phenoxy) is 3. The number of hydrogen-bond acceptors (Lipinski definition) is 7. The summed E-state index contributed by atoms with van der Waals surface area (Å²) in [4.78, 5) is 12.7. The Balaban J connectivity index is 2.11. The van der Waals surface area contributed by atoms with Crippen molar-refractivity contribution in [2.24, 2.45) is 17.8 Å². The second kappa shape index (κ2) is 16.1. The minimum atomic E-state index is -1.16. The van der Waals surface area contributed by atoms with Crippen molar-refractivity contribution in [1.82, 2.24) is 0 Å². The topological polar surface area (TPSA) is 109 Å². The van der Waals surface area contributed by atoms with Gasteiger partial charge >= 0.3 is 5.97 Å². The van der Waals surface area contributed by atoms with Gasteiger partial charge in [0.15, 0.2) is 0 Å². The summed E-state index contributed by atoms with van der Waals surface area (Å²) in [6, 6.07) is 0. The molecule has 0 aromatic rings. The van der Waals surface area contributed by atoms with Crippen LogP contribution in [0.15, 0.2) is 36.0 Å². The zero-order chi connectivity index (χ0) is 29.2. The summed E-state index contributed by atoms with van der Waals surface area (Å²) in [5, 5.41) is 31.7. The molecule has 0 aromatic carbocycles. The SMILES string of the molecule is CCCCOC1/C=C/C(C)C(/C(C)=C/C=C/C(C)CC2OC2C(C)C(O)CC)OC(=O)CC(O)CCC1(C)O. The Morgan fingerprint density at radius 1 is 1.28 bits per heavy atom. The maximum absolute atomic E-state index is 12.7. The minimum Gasteiger partial charge on any atom is -0.457 e. The Morgan fingerprint density at radius 2 is 2.00 bits per heavy atom. The Kier molecular flexibility index (Phi) is 13.9. The van der Waals surface area contributed by atoms with E-state index in [1.54, 1.807) is 6.92 Å². The maximum atomic E-state index is 12.7. The molecule has 0 bridgehead atoms. The molecule has 1 saturated heterocycles. The van der Waals surface area contributed by atoms with Crippen molar-refractivity contribution in [2.75, 3.05) is 6.61 Å². The van der Waals surface area contributed by atoms with Gasteiger partial charge in [-0.25, -0.2) is 0 Å². The van der Waals surface area contributed by atoms with E-state index < -0.39 is 29.9 Å². The van der Waals surface area contributed by atoms with Crippen LogP contribution in [0.4, 0.5) is 0 Å². The van der Waals surface area contributed by atoms with Crippen molar-refractivity contribution in [3.63, 3.8) is 0 Å². The zero-order valence-electron chi connectivity index (χ0n) is 25.2. The summed E-state index contributed by atoms with van der Waals surface area (Å²) in [5.74, 6) is -0.172. The Morgan fingerprint density at radius 3 is 2.67 bits per heavy atom. The second-order valence-corrected chi connectivity index (χ2v) is 12.0. The average Bonchev–Trinajstić information content (AvgIpc) is 3.64. The molecule has 7 nitrogen and oxygen atoms in total. The predicted octanol–water partition coefficient (Wildman–Crippen LogP) is 5.27. The number of unbranched alkanes of at least 4 members (excludes halogenated alkanes) is 1. The molecule has 2 heterocycles. The first kappa shape index (κ1) is 33.7. The third kappa shape index (κ3) is 11.1. The fraction of sp³-hybridized carbons (Fsp3) is 0.781. The highest BCUT2D eigenvalue weighted by atomic mass is 16.6. The second-order valence-electron chi connectivity index (χ2n) is 12.0. The third-order valence-electron chi connectivity index (χ3n) is 8.14. The highest BCUT2D eigenvalue weighted by Crippen LogP contribution is 2.36. The molecule has 2 aliphatic heterocycles. The van der Waals surface area contributed by atoms with Crippen molar-refractivity contribution in [3.8, 4) is 0 Å². The molecule has 0 amide bonds. The van der Waals surface area contributed by atoms with Gasteiger partial charge in [0.05, 0.1) is 36.4 Å². The number of aliphatic hydroxyl groups excluding tert-OH is 2. The van der Waals surface area contributed by atoms with Crippen molar-refractivity contribution in [3.05, 3.63) is 36.0 Å². The fourth-order valence-corrected chi connectivity index (χ4v) is 5.21. The van der Waals surface area contributed by atoms with E-state index in [1.807, 2.05) is 52.0 Å². The number of cyclic esters (lactones) is 1. The average molecular weight is 551 g/mol. The first-order valence-corrected chi connectivity index (χ1v) is 15.0. The van der Waals surface area contributed by atoms with Gasteiger partial charge in [0, 0.05) is 18.4 Å². The van der Waals surface area contributed by atoms with Gasteiger partial charge in [-0.3, -0.25) is 4.79 Å². The van der Waals surface area contributed by atoms with Gasteiger partial charge in [-0.1, -0.05) is 71.4 Å². The lowest BCUT2D eigenvalue weighted by Crippen LogP contribution is -2.41. The lowest BCUT2D eigenvalue weighted by atomic mass is 9.88. The molecule has 0 aromatic heterocycles. The molecule has 2 rings (SSSR count). The van der Waals surface area contributed by atoms with Crippen LogP contribution in [-0.2, 0) is 19.0 Å². The van der Waals surface area contributed by atoms with E-state index in [9.17, 15) is 20.1 Å². The third-order valence-corrected chi connectivity index (χ3v) is 8.14. The van der Waals surface area contributed by atoms with Crippen LogP contribution in [0, 0.1) is 17.8 Å². The number of carbonyl (C=O) groups is 1. The van der Waals surface area contributed by atoms with Crippen LogP contribution in [0.2, 0.25) is 0 Å². The number of allylic oxidation sites excluding steroid dienone is 3. The largest absolute Gasteiger partial charge is 0.457 e. The van der Waals surface area contributed by atoms with Crippen LogP contribution in [-0.4, -0.2) is 70.1 Å². The van der Waals surface area contributed by atoms with E-state index in [4.69, 9.17) is 14.2 Å². The zero-order valence-corrected chi connectivity index (χ0v) is 25.2. The first-order valence-electron chi connectivity index (χ1n) is 15.0. The molecule has 0 radical (unpaired) electrons. The van der Waals surface area contributed by atoms with Crippen LogP contribution in [0.3, 0.4) is 0 Å². The monoisotopic (exact) mass is 550 g/mol. The summed E-state index contributed by atoms with van der Waals surface area (Å²) in [6.45, 7) is 14.5. The molecule has 39 heavy (non-hydrogen) atoms. The number of esters is 1. The standard InChI is InChI=1S/C32H54O7/c1-8-10-18-37-28-15-14-23(5)30(39-29(35)20-25(33)16-17-32(28,7)36)22(4)13-11-12-21(3)19-27-31(38-27)24(6)26(34)9-2/h11-15,21,23-28,30-31,33-34,36H,8-10,16-20H2,1-7H3/b12-11+,15-14+,22-13+. The van der Waals surface area contributed by atoms with Crippen molar-refractivity contribution < 1.29 is 34.3 Å². The Bertz CT molecular complexity index is 832. The molecule has 2 aliphatic rings. The Hall–Kier alpha value is -1.51. The van der Waals surface area contributed by atoms with Gasteiger partial charge in [-0.05, 0) is 57.4 Å². The molecule has 1 fully saturated rings. The van der Waals surface area contributed by atoms with E-state index >= 15 is 0 Å². The Labute approximate surface area is 236 Å². The van der Waals surface area contributed by atoms with Crippen LogP contribution in [0.25, 0.3) is 0 Å². The van der Waals surface area contributed by atoms with Gasteiger partial charge in [-0.2, -0.15) is 0 Å². The van der Waals surface area contributed by atoms with Gasteiger partial charge in [0.2, 0.25) is 0 Å². The lowest BCUT2D eigenvalue weighted by Gasteiger charge is -2.33. The molecule has 10 unspecified atom stereocenters. The fourth-order valence-electron chi connectivity index (χ4n) is 5.21. The van der Waals surface area contributed by atoms with E-state index in [-0.39, 0.29) is 43.0 Å². The maximum Gasteiger partial charge on any atom is 0.309 e. The highest BCUT2D eigenvalue weighted by molar-refractivity contribution is 5.70. The number of hydrogen-bond donors (Lipinski definition) is 3. The van der Waals surface area contributed by atoms with Crippen LogP contribution >= 0.6 is 0 Å². The van der Waals surface area contributed by atoms with Crippen LogP contribution in [0.5, 0.6) is 0 Å². The number of carbonyl (C=O) groups excluding carboxylic acids is 1. The summed E-state index contributed by atoms with van der Waals surface area (Å²) in [5.41, 5.74) is -0.268. The molecular weight excluding hydrogens is 496 g/mol. The summed E-state index contributed by atoms with van der Waals surface area (Å²) in [7, 11) is 0. The predicted molar refractivity (Wildman–Crippen MR) is 154 cm³/mol. The summed E-state index contributed by atoms with van der Waals surface area (Å²) in [6.07, 6.45) is 12.0. The number of epoxide rings is 1. The van der Waals surface area contributed by atoms with Gasteiger partial charge in [0.1, 0.15) is 12.2 Å². The van der Waals surface area contributed by atoms with E-state index in [1.165, 1.54) is 0 Å². The highest BCUT2D eigenvalue weighted by Gasteiger charge is 2.45. The summed E-state index contributed by atoms with van der Waals surface area (Å²) < 4.78 is 17.7. The molecule has 224 valence electrons. The van der Waals surface area contributed by atoms with Crippen molar-refractivity contribution in [1.29, 1.82) is 0 Å². The van der Waals surface area contributed by atoms with Crippen molar-refractivity contribution in [2.45, 2.75) is 136 Å². The molecule has 3 N–H and O–H groups in total. The first-order chi connectivity index (χ1) is 18.4. The van der Waals surface area contributed by atoms with Gasteiger partial charge in [0.25, 0.3) is 0 Å². The molecular formula is C32H54O7. The van der Waals surface area contributed by atoms with Crippen LogP contribution in [0.1, 0.15) is 93.4 Å². The van der Waals surface area contributed by atoms with Gasteiger partial charge < -0.3 is 29.5 Å². The smallest absolute Gasteiger partial charge is 0.309 e. The molecule has 0 spiro atoms. The molecule has 0 aliphatic carbocycles. The molecule has 0 saturated carbocycles. The normalized spacial score (nSPS) is 35.9. The molecule has 7 heteroatoms. The molecule has 10 atom stereocenters. The van der Waals surface area contributed by atoms with Gasteiger partial charge in [-0.15, -0.1) is 0 Å². The van der Waals surface area contributed by atoms with Crippen LogP contribution < -0.4 is 0 Å². The lowest BCUT2D eigenvalue weighted by molar-refractivity contribution is -0.151. The van der Waals surface area contributed by atoms with E-state index in [0.717, 1.165) is 31.3 Å². The number of rotatable bonds is 12. The van der Waals surface area contributed by atoms with Crippen molar-refractivity contribution >= 4 is 5.97 Å².